The summed E-state index contributed by atoms with van der Waals surface area (Å²) >= 11 is 18.5. The van der Waals surface area contributed by atoms with E-state index in [1.165, 1.54) is 5.56 Å². The summed E-state index contributed by atoms with van der Waals surface area (Å²) in [5.41, 5.74) is 9.02. The lowest BCUT2D eigenvalue weighted by atomic mass is 10.0. The van der Waals surface area contributed by atoms with Crippen molar-refractivity contribution in [3.05, 3.63) is 115 Å². The number of hydrogen-bond acceptors (Lipinski definition) is 2. The van der Waals surface area contributed by atoms with Crippen LogP contribution in [0.2, 0.25) is 15.1 Å². The smallest absolute Gasteiger partial charge is 0.255 e. The molecule has 4 nitrogen and oxygen atoms in total. The van der Waals surface area contributed by atoms with Crippen molar-refractivity contribution in [1.82, 2.24) is 4.98 Å². The maximum atomic E-state index is 12.8. The maximum Gasteiger partial charge on any atom is 0.255 e. The monoisotopic (exact) mass is 535 g/mol. The van der Waals surface area contributed by atoms with Crippen LogP contribution < -0.4 is 10.2 Å². The highest BCUT2D eigenvalue weighted by Crippen LogP contribution is 2.40. The molecule has 0 radical (unpaired) electrons. The normalized spacial score (nSPS) is 13.8. The molecule has 0 bridgehead atoms. The Morgan fingerprint density at radius 2 is 1.83 bits per heavy atom. The number of aryl methyl sites for hydroxylation is 2. The SMILES string of the molecule is Cc1cc(C)c(C=C2CN(Cc3ccc(Cl)c(Cl)c3)c3ccc(NC(=O)c4cccc(Cl)c4)cc32)[nH]1. The van der Waals surface area contributed by atoms with Gasteiger partial charge in [-0.3, -0.25) is 4.79 Å². The molecule has 4 aromatic rings. The molecule has 3 aromatic carbocycles. The molecule has 2 N–H and O–H groups in total. The van der Waals surface area contributed by atoms with Gasteiger partial charge in [0, 0.05) is 52.0 Å². The molecule has 1 aromatic heterocycles. The van der Waals surface area contributed by atoms with Gasteiger partial charge in [0.05, 0.1) is 10.0 Å². The maximum absolute atomic E-state index is 12.8. The Bertz CT molecular complexity index is 1510. The van der Waals surface area contributed by atoms with Gasteiger partial charge in [0.15, 0.2) is 0 Å². The van der Waals surface area contributed by atoms with Gasteiger partial charge in [0.2, 0.25) is 0 Å². The number of aromatic nitrogens is 1. The lowest BCUT2D eigenvalue weighted by Crippen LogP contribution is -2.19. The number of carbonyl (C=O) groups is 1. The van der Waals surface area contributed by atoms with Gasteiger partial charge in [-0.2, -0.15) is 0 Å². The van der Waals surface area contributed by atoms with Gasteiger partial charge in [-0.1, -0.05) is 46.9 Å². The van der Waals surface area contributed by atoms with E-state index in [2.05, 4.69) is 41.2 Å². The van der Waals surface area contributed by atoms with E-state index in [-0.39, 0.29) is 5.91 Å². The summed E-state index contributed by atoms with van der Waals surface area (Å²) in [5, 5.41) is 4.62. The van der Waals surface area contributed by atoms with Crippen LogP contribution in [-0.2, 0) is 6.54 Å². The van der Waals surface area contributed by atoms with E-state index in [1.54, 1.807) is 24.3 Å². The van der Waals surface area contributed by atoms with Gasteiger partial charge in [-0.05, 0) is 91.2 Å². The molecule has 0 atom stereocenters. The number of rotatable bonds is 5. The molecule has 1 amide bonds. The van der Waals surface area contributed by atoms with Gasteiger partial charge < -0.3 is 15.2 Å². The van der Waals surface area contributed by atoms with E-state index in [0.29, 0.717) is 27.2 Å². The first-order chi connectivity index (χ1) is 17.3. The second kappa shape index (κ2) is 10.1. The molecule has 2 heterocycles. The quantitative estimate of drug-likeness (QED) is 0.269. The van der Waals surface area contributed by atoms with Crippen LogP contribution in [0.4, 0.5) is 11.4 Å². The van der Waals surface area contributed by atoms with E-state index in [1.807, 2.05) is 36.4 Å². The van der Waals surface area contributed by atoms with E-state index in [9.17, 15) is 4.79 Å². The number of nitrogens with one attached hydrogen (secondary N) is 2. The van der Waals surface area contributed by atoms with Crippen molar-refractivity contribution in [2.45, 2.75) is 20.4 Å². The van der Waals surface area contributed by atoms with Crippen LogP contribution in [0.15, 0.2) is 66.7 Å². The summed E-state index contributed by atoms with van der Waals surface area (Å²) in [6.45, 7) is 5.55. The zero-order valence-electron chi connectivity index (χ0n) is 19.8. The summed E-state index contributed by atoms with van der Waals surface area (Å²) in [7, 11) is 0. The van der Waals surface area contributed by atoms with Gasteiger partial charge in [-0.25, -0.2) is 0 Å². The molecule has 0 aliphatic carbocycles. The lowest BCUT2D eigenvalue weighted by molar-refractivity contribution is 0.102. The summed E-state index contributed by atoms with van der Waals surface area (Å²) in [5.74, 6) is -0.204. The highest BCUT2D eigenvalue weighted by atomic mass is 35.5. The summed E-state index contributed by atoms with van der Waals surface area (Å²) < 4.78 is 0. The van der Waals surface area contributed by atoms with Crippen molar-refractivity contribution in [1.29, 1.82) is 0 Å². The minimum Gasteiger partial charge on any atom is -0.362 e. The zero-order valence-corrected chi connectivity index (χ0v) is 22.1. The molecule has 1 aliphatic heterocycles. The van der Waals surface area contributed by atoms with Gasteiger partial charge in [0.25, 0.3) is 5.91 Å². The molecular weight excluding hydrogens is 513 g/mol. The van der Waals surface area contributed by atoms with Crippen molar-refractivity contribution in [3.8, 4) is 0 Å². The minimum absolute atomic E-state index is 0.204. The lowest BCUT2D eigenvalue weighted by Gasteiger charge is -2.20. The molecule has 5 rings (SSSR count). The Hall–Kier alpha value is -3.18. The third kappa shape index (κ3) is 5.17. The number of benzene rings is 3. The number of aromatic amines is 1. The number of nitrogens with zero attached hydrogens (tertiary/aromatic N) is 1. The molecular formula is C29H24Cl3N3O. The van der Waals surface area contributed by atoms with Gasteiger partial charge >= 0.3 is 0 Å². The molecule has 0 saturated heterocycles. The second-order valence-electron chi connectivity index (χ2n) is 9.02. The average molecular weight is 537 g/mol. The van der Waals surface area contributed by atoms with E-state index in [0.717, 1.165) is 46.0 Å². The molecule has 0 spiro atoms. The van der Waals surface area contributed by atoms with Crippen LogP contribution in [0.5, 0.6) is 0 Å². The first-order valence-electron chi connectivity index (χ1n) is 11.5. The third-order valence-corrected chi connectivity index (χ3v) is 7.23. The molecule has 1 aliphatic rings. The number of anilines is 2. The van der Waals surface area contributed by atoms with Crippen LogP contribution >= 0.6 is 34.8 Å². The fourth-order valence-corrected chi connectivity index (χ4v) is 5.06. The highest BCUT2D eigenvalue weighted by Gasteiger charge is 2.25. The number of fused-ring (bicyclic) bond motifs is 1. The number of H-pyrrole nitrogens is 1. The van der Waals surface area contributed by atoms with Crippen molar-refractivity contribution in [2.75, 3.05) is 16.8 Å². The van der Waals surface area contributed by atoms with Crippen molar-refractivity contribution < 1.29 is 4.79 Å². The average Bonchev–Trinajstić information content (AvgIpc) is 3.34. The predicted molar refractivity (Wildman–Crippen MR) is 151 cm³/mol. The number of amides is 1. The fourth-order valence-electron chi connectivity index (χ4n) is 4.55. The Balaban J connectivity index is 1.49. The molecule has 182 valence electrons. The van der Waals surface area contributed by atoms with Crippen LogP contribution in [0.25, 0.3) is 11.6 Å². The van der Waals surface area contributed by atoms with E-state index >= 15 is 0 Å². The largest absolute Gasteiger partial charge is 0.362 e. The summed E-state index contributed by atoms with van der Waals surface area (Å²) in [6.07, 6.45) is 2.19. The topological polar surface area (TPSA) is 48.1 Å². The number of halogens is 3. The molecule has 0 saturated carbocycles. The highest BCUT2D eigenvalue weighted by molar-refractivity contribution is 6.42. The molecule has 0 unspecified atom stereocenters. The Morgan fingerprint density at radius 3 is 2.56 bits per heavy atom. The van der Waals surface area contributed by atoms with E-state index < -0.39 is 0 Å². The molecule has 36 heavy (non-hydrogen) atoms. The number of hydrogen-bond donors (Lipinski definition) is 2. The number of carbonyl (C=O) groups excluding carboxylic acids is 1. The van der Waals surface area contributed by atoms with Crippen LogP contribution in [0, 0.1) is 13.8 Å². The second-order valence-corrected chi connectivity index (χ2v) is 10.3. The van der Waals surface area contributed by atoms with Crippen LogP contribution in [0.1, 0.15) is 38.4 Å². The van der Waals surface area contributed by atoms with Crippen molar-refractivity contribution >= 4 is 63.7 Å². The van der Waals surface area contributed by atoms with Crippen molar-refractivity contribution in [2.24, 2.45) is 0 Å². The van der Waals surface area contributed by atoms with E-state index in [4.69, 9.17) is 34.8 Å². The summed E-state index contributed by atoms with van der Waals surface area (Å²) in [4.78, 5) is 18.6. The first-order valence-corrected chi connectivity index (χ1v) is 12.7. The predicted octanol–water partition coefficient (Wildman–Crippen LogP) is 8.40. The van der Waals surface area contributed by atoms with Crippen molar-refractivity contribution in [3.63, 3.8) is 0 Å². The van der Waals surface area contributed by atoms with Gasteiger partial charge in [-0.15, -0.1) is 0 Å². The Morgan fingerprint density at radius 1 is 1.00 bits per heavy atom. The van der Waals surface area contributed by atoms with Gasteiger partial charge in [0.1, 0.15) is 0 Å². The molecule has 7 heteroatoms. The van der Waals surface area contributed by atoms with Crippen LogP contribution in [0.3, 0.4) is 0 Å². The zero-order chi connectivity index (χ0) is 25.4. The summed E-state index contributed by atoms with van der Waals surface area (Å²) in [6, 6.07) is 20.8. The fraction of sp³-hybridized carbons (Fsp3) is 0.138. The standard InChI is InChI=1S/C29H24Cl3N3O/c1-17-10-18(2)33-27(17)13-21-16-35(15-19-6-8-25(31)26(32)11-19)28-9-7-23(14-24(21)28)34-29(36)20-4-3-5-22(30)12-20/h3-14,33H,15-16H2,1-2H3,(H,34,36). The Kier molecular flexibility index (Phi) is 6.85. The third-order valence-electron chi connectivity index (χ3n) is 6.25. The van der Waals surface area contributed by atoms with Crippen LogP contribution in [-0.4, -0.2) is 17.4 Å². The molecule has 0 fully saturated rings. The first kappa shape index (κ1) is 24.5. The Labute approximate surface area is 225 Å². The minimum atomic E-state index is -0.204.